The number of aromatic nitrogens is 5. The fourth-order valence-corrected chi connectivity index (χ4v) is 6.90. The summed E-state index contributed by atoms with van der Waals surface area (Å²) in [7, 11) is -1.46. The van der Waals surface area contributed by atoms with Crippen LogP contribution in [0.3, 0.4) is 0 Å². The van der Waals surface area contributed by atoms with E-state index in [1.165, 1.54) is 6.20 Å². The molecule has 3 aromatic heterocycles. The van der Waals surface area contributed by atoms with Crippen molar-refractivity contribution in [3.05, 3.63) is 100 Å². The van der Waals surface area contributed by atoms with Crippen LogP contribution in [-0.2, 0) is 11.0 Å². The molecule has 1 aliphatic heterocycles. The first-order valence-corrected chi connectivity index (χ1v) is 14.6. The molecule has 1 amide bonds. The first kappa shape index (κ1) is 28.9. The van der Waals surface area contributed by atoms with Gasteiger partial charge in [-0.25, -0.2) is 22.7 Å². The van der Waals surface area contributed by atoms with Crippen molar-refractivity contribution in [3.63, 3.8) is 0 Å². The largest absolute Gasteiger partial charge is 0.412 e. The molecule has 1 saturated heterocycles. The number of fused-ring (bicyclic) bond motifs is 1. The molecule has 4 heterocycles. The van der Waals surface area contributed by atoms with E-state index in [1.807, 2.05) is 41.6 Å². The summed E-state index contributed by atoms with van der Waals surface area (Å²) in [5.74, 6) is 0.347. The Morgan fingerprint density at radius 1 is 1.05 bits per heavy atom. The predicted octanol–water partition coefficient (Wildman–Crippen LogP) is 4.86. The van der Waals surface area contributed by atoms with E-state index in [1.54, 1.807) is 45.9 Å². The Morgan fingerprint density at radius 2 is 1.76 bits per heavy atom. The van der Waals surface area contributed by atoms with E-state index in [0.717, 1.165) is 29.8 Å². The van der Waals surface area contributed by atoms with Crippen LogP contribution < -0.4 is 5.32 Å². The van der Waals surface area contributed by atoms with Gasteiger partial charge >= 0.3 is 0 Å². The minimum atomic E-state index is -1.46. The Kier molecular flexibility index (Phi) is 8.52. The molecule has 13 heteroatoms. The zero-order chi connectivity index (χ0) is 27.8. The van der Waals surface area contributed by atoms with Crippen molar-refractivity contribution in [1.29, 1.82) is 0 Å². The van der Waals surface area contributed by atoms with E-state index in [4.69, 9.17) is 28.3 Å². The van der Waals surface area contributed by atoms with Crippen molar-refractivity contribution in [2.45, 2.75) is 30.6 Å². The fraction of sp³-hybridized carbons (Fsp3) is 0.214. The van der Waals surface area contributed by atoms with E-state index >= 15 is 0 Å². The number of aryl methyl sites for hydroxylation is 1. The van der Waals surface area contributed by atoms with Crippen LogP contribution in [0.15, 0.2) is 78.1 Å². The zero-order valence-electron chi connectivity index (χ0n) is 22.0. The first-order valence-electron chi connectivity index (χ1n) is 12.8. The number of rotatable bonds is 6. The minimum Gasteiger partial charge on any atom is -0.412 e. The van der Waals surface area contributed by atoms with Gasteiger partial charge in [-0.05, 0) is 50.1 Å². The van der Waals surface area contributed by atoms with Crippen LogP contribution in [0.2, 0.25) is 10.0 Å². The van der Waals surface area contributed by atoms with Gasteiger partial charge in [0.1, 0.15) is 22.4 Å². The zero-order valence-corrected chi connectivity index (χ0v) is 24.3. The summed E-state index contributed by atoms with van der Waals surface area (Å²) in [4.78, 5) is 18.1. The average Bonchev–Trinajstić information content (AvgIpc) is 3.58. The van der Waals surface area contributed by atoms with Gasteiger partial charge in [-0.15, -0.1) is 0 Å². The van der Waals surface area contributed by atoms with Crippen LogP contribution in [0, 0.1) is 6.92 Å². The third-order valence-electron chi connectivity index (χ3n) is 6.97. The number of anilines is 1. The number of nitrogens with one attached hydrogen (secondary N) is 1. The number of benzene rings is 2. The van der Waals surface area contributed by atoms with Crippen LogP contribution in [-0.4, -0.2) is 57.4 Å². The second kappa shape index (κ2) is 12.1. The Balaban J connectivity index is 0.00000337. The van der Waals surface area contributed by atoms with Crippen molar-refractivity contribution >= 4 is 51.6 Å². The number of amides is 1. The summed E-state index contributed by atoms with van der Waals surface area (Å²) < 4.78 is 18.5. The van der Waals surface area contributed by atoms with Crippen LogP contribution in [0.5, 0.6) is 0 Å². The quantitative estimate of drug-likeness (QED) is 0.293. The lowest BCUT2D eigenvalue weighted by Crippen LogP contribution is -2.34. The average molecular weight is 613 g/mol. The Bertz CT molecular complexity index is 1710. The predicted molar refractivity (Wildman–Crippen MR) is 159 cm³/mol. The molecule has 1 aliphatic rings. The van der Waals surface area contributed by atoms with E-state index in [2.05, 4.69) is 15.4 Å². The second-order valence-corrected chi connectivity index (χ2v) is 11.8. The molecule has 1 fully saturated rings. The van der Waals surface area contributed by atoms with Gasteiger partial charge in [0.2, 0.25) is 0 Å². The topological polar surface area (TPSA) is 129 Å². The molecule has 0 spiro atoms. The fourth-order valence-electron chi connectivity index (χ4n) is 4.84. The molecule has 0 bridgehead atoms. The van der Waals surface area contributed by atoms with Gasteiger partial charge in [0, 0.05) is 37.5 Å². The number of carbonyl (C=O) groups excluding carboxylic acids is 1. The molecule has 10 nitrogen and oxygen atoms in total. The highest BCUT2D eigenvalue weighted by Gasteiger charge is 2.29. The maximum Gasteiger partial charge on any atom is 0.262 e. The van der Waals surface area contributed by atoms with Crippen LogP contribution in [0.4, 0.5) is 5.82 Å². The molecule has 2 aromatic carbocycles. The number of hydrogen-bond donors (Lipinski definition) is 1. The third-order valence-corrected chi connectivity index (χ3v) is 9.45. The standard InChI is InChI=1S/C28H25Cl2N7O2S.H2O/c1-18-6-8-20(9-7-18)37-25(33-28(38)21-17-32-36-13-3-12-31-27(21)36)16-24(34-37)19-10-14-35(15-11-19)40(39)26-22(29)4-2-5-23(26)30;/h2-9,12-13,16-17,19H,10-11,14-15H2,1H3,(H,33,38);1H2. The minimum absolute atomic E-state index is 0. The van der Waals surface area contributed by atoms with Crippen molar-refractivity contribution < 1.29 is 14.5 Å². The lowest BCUT2D eigenvalue weighted by Gasteiger charge is -2.30. The summed E-state index contributed by atoms with van der Waals surface area (Å²) in [6.45, 7) is 3.20. The lowest BCUT2D eigenvalue weighted by molar-refractivity contribution is 0.102. The first-order chi connectivity index (χ1) is 19.4. The van der Waals surface area contributed by atoms with E-state index < -0.39 is 11.0 Å². The van der Waals surface area contributed by atoms with Crippen LogP contribution in [0.25, 0.3) is 11.3 Å². The van der Waals surface area contributed by atoms with Gasteiger partial charge in [0.25, 0.3) is 5.91 Å². The number of piperidine rings is 1. The van der Waals surface area contributed by atoms with Crippen LogP contribution in [0.1, 0.15) is 40.4 Å². The maximum absolute atomic E-state index is 13.3. The second-order valence-electron chi connectivity index (χ2n) is 9.61. The maximum atomic E-state index is 13.3. The van der Waals surface area contributed by atoms with Crippen molar-refractivity contribution in [1.82, 2.24) is 28.7 Å². The summed E-state index contributed by atoms with van der Waals surface area (Å²) in [6.07, 6.45) is 6.36. The highest BCUT2D eigenvalue weighted by molar-refractivity contribution is 7.83. The highest BCUT2D eigenvalue weighted by Crippen LogP contribution is 2.34. The van der Waals surface area contributed by atoms with Gasteiger partial charge in [-0.1, -0.05) is 47.0 Å². The summed E-state index contributed by atoms with van der Waals surface area (Å²) in [5.41, 5.74) is 3.65. The molecule has 0 aliphatic carbocycles. The monoisotopic (exact) mass is 611 g/mol. The van der Waals surface area contributed by atoms with Crippen molar-refractivity contribution in [3.8, 4) is 5.69 Å². The Morgan fingerprint density at radius 3 is 2.46 bits per heavy atom. The molecule has 212 valence electrons. The van der Waals surface area contributed by atoms with E-state index in [-0.39, 0.29) is 17.3 Å². The molecule has 6 rings (SSSR count). The SMILES string of the molecule is Cc1ccc(-n2nc(C3CCN(S(=O)c4c(Cl)cccc4Cl)CC3)cc2NC(=O)c2cnn3cccnc23)cc1.O. The number of halogens is 2. The summed E-state index contributed by atoms with van der Waals surface area (Å²) in [5, 5.41) is 13.0. The molecule has 1 unspecified atom stereocenters. The van der Waals surface area contributed by atoms with Crippen LogP contribution >= 0.6 is 23.2 Å². The number of hydrogen-bond acceptors (Lipinski definition) is 5. The summed E-state index contributed by atoms with van der Waals surface area (Å²) in [6, 6.07) is 16.8. The van der Waals surface area contributed by atoms with Gasteiger partial charge in [0.15, 0.2) is 5.65 Å². The summed E-state index contributed by atoms with van der Waals surface area (Å²) >= 11 is 12.6. The van der Waals surface area contributed by atoms with E-state index in [9.17, 15) is 9.00 Å². The smallest absolute Gasteiger partial charge is 0.262 e. The molecule has 1 atom stereocenters. The molecule has 5 aromatic rings. The molecule has 0 saturated carbocycles. The molecule has 41 heavy (non-hydrogen) atoms. The normalized spacial score (nSPS) is 15.0. The van der Waals surface area contributed by atoms with E-state index in [0.29, 0.717) is 45.1 Å². The molecular weight excluding hydrogens is 585 g/mol. The van der Waals surface area contributed by atoms with Gasteiger partial charge in [0.05, 0.1) is 32.5 Å². The Labute approximate surface area is 248 Å². The molecule has 0 radical (unpaired) electrons. The molecular formula is C28H27Cl2N7O3S. The number of carbonyl (C=O) groups is 1. The highest BCUT2D eigenvalue weighted by atomic mass is 35.5. The Hall–Kier alpha value is -3.61. The lowest BCUT2D eigenvalue weighted by atomic mass is 9.95. The van der Waals surface area contributed by atoms with Crippen molar-refractivity contribution in [2.24, 2.45) is 0 Å². The number of nitrogens with zero attached hydrogens (tertiary/aromatic N) is 6. The van der Waals surface area contributed by atoms with Gasteiger partial charge in [-0.3, -0.25) is 4.79 Å². The van der Waals surface area contributed by atoms with Crippen molar-refractivity contribution in [2.75, 3.05) is 18.4 Å². The molecule has 3 N–H and O–H groups in total. The third kappa shape index (κ3) is 5.77. The van der Waals surface area contributed by atoms with Gasteiger partial charge in [-0.2, -0.15) is 10.2 Å². The van der Waals surface area contributed by atoms with Gasteiger partial charge < -0.3 is 10.8 Å².